The number of para-hydroxylation sites is 1. The van der Waals surface area contributed by atoms with Gasteiger partial charge in [-0.15, -0.1) is 0 Å². The third-order valence-corrected chi connectivity index (χ3v) is 5.95. The summed E-state index contributed by atoms with van der Waals surface area (Å²) in [5.41, 5.74) is 9.24. The molecule has 0 spiro atoms. The minimum Gasteiger partial charge on any atom is -0.309 e. The molecule has 4 aromatic carbocycles. The Labute approximate surface area is 162 Å². The van der Waals surface area contributed by atoms with Crippen LogP contribution in [0, 0.1) is 0 Å². The fourth-order valence-corrected chi connectivity index (χ4v) is 4.67. The van der Waals surface area contributed by atoms with Crippen LogP contribution in [0.3, 0.4) is 0 Å². The van der Waals surface area contributed by atoms with E-state index in [1.54, 1.807) is 0 Å². The molecule has 1 aromatic heterocycles. The highest BCUT2D eigenvalue weighted by molar-refractivity contribution is 6.30. The molecule has 1 aliphatic rings. The van der Waals surface area contributed by atoms with Gasteiger partial charge < -0.3 is 4.57 Å². The lowest BCUT2D eigenvalue weighted by Gasteiger charge is -2.11. The highest BCUT2D eigenvalue weighted by atomic mass is 35.5. The molecule has 0 atom stereocenters. The zero-order chi connectivity index (χ0) is 18.0. The molecular formula is C25H16ClN. The summed E-state index contributed by atoms with van der Waals surface area (Å²) in [6, 6.07) is 30.1. The average Bonchev–Trinajstić information content (AvgIpc) is 3.24. The molecule has 0 aliphatic heterocycles. The molecule has 0 saturated heterocycles. The van der Waals surface area contributed by atoms with Gasteiger partial charge in [-0.1, -0.05) is 66.2 Å². The van der Waals surface area contributed by atoms with E-state index in [1.807, 2.05) is 12.1 Å². The van der Waals surface area contributed by atoms with Gasteiger partial charge in [0.25, 0.3) is 0 Å². The van der Waals surface area contributed by atoms with Crippen LogP contribution in [0.15, 0.2) is 84.9 Å². The summed E-state index contributed by atoms with van der Waals surface area (Å²) in [5.74, 6) is 0. The van der Waals surface area contributed by atoms with Gasteiger partial charge in [0.2, 0.25) is 0 Å². The summed E-state index contributed by atoms with van der Waals surface area (Å²) in [4.78, 5) is 0. The van der Waals surface area contributed by atoms with Crippen molar-refractivity contribution in [1.29, 1.82) is 0 Å². The van der Waals surface area contributed by atoms with Crippen molar-refractivity contribution in [2.24, 2.45) is 0 Å². The van der Waals surface area contributed by atoms with Crippen molar-refractivity contribution in [3.8, 4) is 16.8 Å². The van der Waals surface area contributed by atoms with Crippen LogP contribution in [0.2, 0.25) is 5.02 Å². The lowest BCUT2D eigenvalue weighted by Crippen LogP contribution is -1.96. The maximum Gasteiger partial charge on any atom is 0.0582 e. The molecule has 0 unspecified atom stereocenters. The quantitative estimate of drug-likeness (QED) is 0.295. The number of aromatic nitrogens is 1. The first kappa shape index (κ1) is 15.1. The van der Waals surface area contributed by atoms with Crippen molar-refractivity contribution < 1.29 is 0 Å². The Morgan fingerprint density at radius 2 is 1.44 bits per heavy atom. The van der Waals surface area contributed by atoms with Gasteiger partial charge in [-0.2, -0.15) is 0 Å². The third-order valence-electron chi connectivity index (χ3n) is 5.70. The van der Waals surface area contributed by atoms with Crippen LogP contribution in [0.25, 0.3) is 38.6 Å². The van der Waals surface area contributed by atoms with E-state index in [4.69, 9.17) is 11.6 Å². The molecule has 27 heavy (non-hydrogen) atoms. The second-order valence-electron chi connectivity index (χ2n) is 7.15. The second-order valence-corrected chi connectivity index (χ2v) is 7.59. The summed E-state index contributed by atoms with van der Waals surface area (Å²) >= 11 is 6.15. The smallest absolute Gasteiger partial charge is 0.0582 e. The van der Waals surface area contributed by atoms with Gasteiger partial charge in [0.1, 0.15) is 0 Å². The summed E-state index contributed by atoms with van der Waals surface area (Å²) < 4.78 is 2.39. The van der Waals surface area contributed by atoms with Crippen LogP contribution in [-0.4, -0.2) is 4.57 Å². The highest BCUT2D eigenvalue weighted by Gasteiger charge is 2.24. The van der Waals surface area contributed by atoms with Gasteiger partial charge in [0.15, 0.2) is 0 Å². The molecule has 6 rings (SSSR count). The second kappa shape index (κ2) is 5.48. The molecule has 0 fully saturated rings. The highest BCUT2D eigenvalue weighted by Crippen LogP contribution is 2.43. The number of fused-ring (bicyclic) bond motifs is 7. The molecule has 0 N–H and O–H groups in total. The molecule has 1 aliphatic carbocycles. The van der Waals surface area contributed by atoms with Crippen molar-refractivity contribution in [2.45, 2.75) is 6.42 Å². The molecule has 1 heterocycles. The zero-order valence-electron chi connectivity index (χ0n) is 14.6. The first-order valence-electron chi connectivity index (χ1n) is 9.20. The number of benzene rings is 4. The first-order chi connectivity index (χ1) is 13.3. The fourth-order valence-electron chi connectivity index (χ4n) is 4.54. The van der Waals surface area contributed by atoms with Crippen LogP contribution in [-0.2, 0) is 6.42 Å². The van der Waals surface area contributed by atoms with E-state index in [-0.39, 0.29) is 0 Å². The Morgan fingerprint density at radius 1 is 0.667 bits per heavy atom. The Hall–Kier alpha value is -3.03. The molecular weight excluding hydrogens is 350 g/mol. The van der Waals surface area contributed by atoms with Gasteiger partial charge in [0, 0.05) is 27.9 Å². The normalized spacial score (nSPS) is 12.5. The number of nitrogens with zero attached hydrogens (tertiary/aromatic N) is 1. The molecule has 5 aromatic rings. The molecule has 0 amide bonds. The van der Waals surface area contributed by atoms with E-state index >= 15 is 0 Å². The molecule has 0 radical (unpaired) electrons. The summed E-state index contributed by atoms with van der Waals surface area (Å²) in [6.45, 7) is 0. The van der Waals surface area contributed by atoms with Crippen molar-refractivity contribution in [3.05, 3.63) is 101 Å². The van der Waals surface area contributed by atoms with E-state index < -0.39 is 0 Å². The number of rotatable bonds is 1. The Kier molecular flexibility index (Phi) is 3.06. The number of hydrogen-bond acceptors (Lipinski definition) is 0. The van der Waals surface area contributed by atoms with Crippen LogP contribution < -0.4 is 0 Å². The van der Waals surface area contributed by atoms with Crippen molar-refractivity contribution in [2.75, 3.05) is 0 Å². The van der Waals surface area contributed by atoms with E-state index in [2.05, 4.69) is 77.4 Å². The summed E-state index contributed by atoms with van der Waals surface area (Å²) in [7, 11) is 0. The Bertz CT molecular complexity index is 1340. The molecule has 2 heteroatoms. The van der Waals surface area contributed by atoms with Gasteiger partial charge in [0.05, 0.1) is 11.0 Å². The topological polar surface area (TPSA) is 4.93 Å². The van der Waals surface area contributed by atoms with Crippen molar-refractivity contribution >= 4 is 33.4 Å². The van der Waals surface area contributed by atoms with Gasteiger partial charge >= 0.3 is 0 Å². The summed E-state index contributed by atoms with van der Waals surface area (Å²) in [5, 5.41) is 3.37. The fraction of sp³-hybridized carbons (Fsp3) is 0.0400. The van der Waals surface area contributed by atoms with E-state index in [1.165, 1.54) is 44.1 Å². The minimum atomic E-state index is 0.761. The van der Waals surface area contributed by atoms with E-state index in [0.29, 0.717) is 0 Å². The largest absolute Gasteiger partial charge is 0.309 e. The number of hydrogen-bond donors (Lipinski definition) is 0. The first-order valence-corrected chi connectivity index (χ1v) is 9.58. The Morgan fingerprint density at radius 3 is 2.33 bits per heavy atom. The zero-order valence-corrected chi connectivity index (χ0v) is 15.4. The molecule has 0 saturated carbocycles. The van der Waals surface area contributed by atoms with Crippen LogP contribution in [0.4, 0.5) is 0 Å². The van der Waals surface area contributed by atoms with Gasteiger partial charge in [-0.3, -0.25) is 0 Å². The third kappa shape index (κ3) is 2.06. The standard InChI is InChI=1S/C25H16ClN/c26-17-9-11-18(12-10-17)27-24-8-4-3-7-21(24)22-14-13-20-19-6-2-1-5-16(19)15-23(20)25(22)27/h1-14H,15H2. The Balaban J connectivity index is 1.78. The lowest BCUT2D eigenvalue weighted by molar-refractivity contribution is 1.15. The van der Waals surface area contributed by atoms with Crippen molar-refractivity contribution in [3.63, 3.8) is 0 Å². The monoisotopic (exact) mass is 365 g/mol. The minimum absolute atomic E-state index is 0.761. The predicted molar refractivity (Wildman–Crippen MR) is 114 cm³/mol. The molecule has 128 valence electrons. The maximum absolute atomic E-state index is 6.15. The van der Waals surface area contributed by atoms with Crippen LogP contribution in [0.1, 0.15) is 11.1 Å². The molecule has 1 nitrogen and oxygen atoms in total. The van der Waals surface area contributed by atoms with Gasteiger partial charge in [-0.25, -0.2) is 0 Å². The van der Waals surface area contributed by atoms with Gasteiger partial charge in [-0.05, 0) is 52.6 Å². The summed E-state index contributed by atoms with van der Waals surface area (Å²) in [6.07, 6.45) is 0.979. The lowest BCUT2D eigenvalue weighted by atomic mass is 10.0. The van der Waals surface area contributed by atoms with E-state index in [9.17, 15) is 0 Å². The number of halogens is 1. The van der Waals surface area contributed by atoms with Crippen LogP contribution in [0.5, 0.6) is 0 Å². The van der Waals surface area contributed by atoms with Crippen LogP contribution >= 0.6 is 11.6 Å². The van der Waals surface area contributed by atoms with E-state index in [0.717, 1.165) is 17.1 Å². The maximum atomic E-state index is 6.15. The molecule has 0 bridgehead atoms. The van der Waals surface area contributed by atoms with Crippen molar-refractivity contribution in [1.82, 2.24) is 4.57 Å². The SMILES string of the molecule is Clc1ccc(-n2c3ccccc3c3ccc4c(c32)Cc2ccccc2-4)cc1. The average molecular weight is 366 g/mol. The predicted octanol–water partition coefficient (Wildman–Crippen LogP) is 7.01.